The molecule has 0 aliphatic carbocycles. The van der Waals surface area contributed by atoms with E-state index in [2.05, 4.69) is 5.32 Å². The van der Waals surface area contributed by atoms with Gasteiger partial charge in [0.15, 0.2) is 9.84 Å². The minimum Gasteiger partial charge on any atom is -0.316 e. The van der Waals surface area contributed by atoms with E-state index in [0.717, 1.165) is 12.8 Å². The molecule has 0 aliphatic rings. The monoisotopic (exact) mass is 275 g/mol. The average molecular weight is 276 g/mol. The zero-order valence-electron chi connectivity index (χ0n) is 10.1. The summed E-state index contributed by atoms with van der Waals surface area (Å²) in [5.74, 6) is 0.0844. The molecule has 96 valence electrons. The van der Waals surface area contributed by atoms with Crippen molar-refractivity contribution in [3.05, 3.63) is 29.3 Å². The molecule has 0 spiro atoms. The maximum atomic E-state index is 12.2. The molecule has 1 aromatic carbocycles. The Morgan fingerprint density at radius 2 is 2.00 bits per heavy atom. The molecule has 5 heteroatoms. The molecule has 0 fully saturated rings. The third-order valence-electron chi connectivity index (χ3n) is 2.64. The minimum absolute atomic E-state index is 0.0266. The van der Waals surface area contributed by atoms with Crippen molar-refractivity contribution in [3.8, 4) is 0 Å². The fraction of sp³-hybridized carbons (Fsp3) is 0.500. The molecule has 1 rings (SSSR count). The highest BCUT2D eigenvalue weighted by Crippen LogP contribution is 2.22. The molecule has 0 amide bonds. The number of rotatable bonds is 6. The molecule has 0 saturated heterocycles. The van der Waals surface area contributed by atoms with Crippen LogP contribution in [0.25, 0.3) is 0 Å². The van der Waals surface area contributed by atoms with Crippen LogP contribution in [-0.2, 0) is 9.84 Å². The molecule has 1 N–H and O–H groups in total. The fourth-order valence-corrected chi connectivity index (χ4v) is 3.89. The van der Waals surface area contributed by atoms with Gasteiger partial charge in [0, 0.05) is 6.04 Å². The van der Waals surface area contributed by atoms with E-state index in [1.807, 2.05) is 6.92 Å². The lowest BCUT2D eigenvalue weighted by molar-refractivity contribution is 0.536. The van der Waals surface area contributed by atoms with Crippen LogP contribution in [0.4, 0.5) is 0 Å². The van der Waals surface area contributed by atoms with Crippen molar-refractivity contribution in [1.82, 2.24) is 5.32 Å². The fourth-order valence-electron chi connectivity index (χ4n) is 1.71. The average Bonchev–Trinajstić information content (AvgIpc) is 2.28. The van der Waals surface area contributed by atoms with Crippen LogP contribution in [0, 0.1) is 0 Å². The van der Waals surface area contributed by atoms with Crippen molar-refractivity contribution < 1.29 is 8.42 Å². The minimum atomic E-state index is -3.32. The molecular weight excluding hydrogens is 258 g/mol. The number of benzene rings is 1. The van der Waals surface area contributed by atoms with E-state index in [9.17, 15) is 8.42 Å². The quantitative estimate of drug-likeness (QED) is 0.868. The first-order valence-corrected chi connectivity index (χ1v) is 7.68. The lowest BCUT2D eigenvalue weighted by Crippen LogP contribution is -2.33. The summed E-state index contributed by atoms with van der Waals surface area (Å²) >= 11 is 5.91. The lowest BCUT2D eigenvalue weighted by Gasteiger charge is -2.15. The van der Waals surface area contributed by atoms with Crippen LogP contribution < -0.4 is 5.32 Å². The van der Waals surface area contributed by atoms with Gasteiger partial charge in [0.05, 0.1) is 15.7 Å². The van der Waals surface area contributed by atoms with Crippen LogP contribution in [0.1, 0.15) is 19.8 Å². The zero-order chi connectivity index (χ0) is 12.9. The Morgan fingerprint density at radius 1 is 1.35 bits per heavy atom. The van der Waals surface area contributed by atoms with Crippen molar-refractivity contribution in [3.63, 3.8) is 0 Å². The number of nitrogens with one attached hydrogen (secondary N) is 1. The molecule has 0 aromatic heterocycles. The number of halogens is 1. The van der Waals surface area contributed by atoms with Gasteiger partial charge in [0.1, 0.15) is 0 Å². The van der Waals surface area contributed by atoms with Gasteiger partial charge in [0.25, 0.3) is 0 Å². The lowest BCUT2D eigenvalue weighted by atomic mass is 10.2. The molecule has 3 nitrogen and oxygen atoms in total. The molecular formula is C12H18ClNO2S. The second-order valence-electron chi connectivity index (χ2n) is 3.99. The van der Waals surface area contributed by atoms with E-state index < -0.39 is 9.84 Å². The highest BCUT2D eigenvalue weighted by molar-refractivity contribution is 7.91. The number of hydrogen-bond donors (Lipinski definition) is 1. The van der Waals surface area contributed by atoms with Gasteiger partial charge < -0.3 is 5.32 Å². The van der Waals surface area contributed by atoms with Crippen LogP contribution in [0.3, 0.4) is 0 Å². The normalized spacial score (nSPS) is 13.6. The Labute approximate surface area is 108 Å². The van der Waals surface area contributed by atoms with Crippen LogP contribution >= 0.6 is 11.6 Å². The molecule has 0 aliphatic heterocycles. The Kier molecular flexibility index (Phi) is 5.43. The van der Waals surface area contributed by atoms with Gasteiger partial charge in [0.2, 0.25) is 0 Å². The standard InChI is InChI=1S/C12H18ClNO2S/c1-3-6-10(14-2)9-17(15,16)12-8-5-4-7-11(12)13/h4-5,7-8,10,14H,3,6,9H2,1-2H3. The predicted octanol–water partition coefficient (Wildman–Crippen LogP) is 2.50. The maximum absolute atomic E-state index is 12.2. The molecule has 0 radical (unpaired) electrons. The smallest absolute Gasteiger partial charge is 0.181 e. The topological polar surface area (TPSA) is 46.2 Å². The summed E-state index contributed by atoms with van der Waals surface area (Å²) in [4.78, 5) is 0.220. The highest BCUT2D eigenvalue weighted by atomic mass is 35.5. The van der Waals surface area contributed by atoms with E-state index in [0.29, 0.717) is 5.02 Å². The third-order valence-corrected chi connectivity index (χ3v) is 4.95. The molecule has 0 bridgehead atoms. The molecule has 1 aromatic rings. The van der Waals surface area contributed by atoms with Crippen molar-refractivity contribution in [2.45, 2.75) is 30.7 Å². The van der Waals surface area contributed by atoms with E-state index >= 15 is 0 Å². The van der Waals surface area contributed by atoms with Gasteiger partial charge >= 0.3 is 0 Å². The van der Waals surface area contributed by atoms with Crippen LogP contribution in [0.5, 0.6) is 0 Å². The summed E-state index contributed by atoms with van der Waals surface area (Å²) in [6.45, 7) is 2.03. The Balaban J connectivity index is 2.92. The molecule has 1 atom stereocenters. The number of hydrogen-bond acceptors (Lipinski definition) is 3. The zero-order valence-corrected chi connectivity index (χ0v) is 11.7. The second kappa shape index (κ2) is 6.38. The van der Waals surface area contributed by atoms with Gasteiger partial charge in [-0.25, -0.2) is 8.42 Å². The third kappa shape index (κ3) is 3.98. The molecule has 0 saturated carbocycles. The van der Waals surface area contributed by atoms with Crippen molar-refractivity contribution in [2.75, 3.05) is 12.8 Å². The van der Waals surface area contributed by atoms with Crippen LogP contribution in [0.2, 0.25) is 5.02 Å². The first-order chi connectivity index (χ1) is 8.01. The van der Waals surface area contributed by atoms with Crippen molar-refractivity contribution in [1.29, 1.82) is 0 Å². The van der Waals surface area contributed by atoms with Crippen molar-refractivity contribution >= 4 is 21.4 Å². The summed E-state index contributed by atoms with van der Waals surface area (Å²) in [5, 5.41) is 3.32. The van der Waals surface area contributed by atoms with E-state index in [1.165, 1.54) is 0 Å². The van der Waals surface area contributed by atoms with Gasteiger partial charge in [-0.3, -0.25) is 0 Å². The summed E-state index contributed by atoms with van der Waals surface area (Å²) < 4.78 is 24.3. The van der Waals surface area contributed by atoms with Gasteiger partial charge in [-0.2, -0.15) is 0 Å². The van der Waals surface area contributed by atoms with Crippen molar-refractivity contribution in [2.24, 2.45) is 0 Å². The first kappa shape index (κ1) is 14.5. The largest absolute Gasteiger partial charge is 0.316 e. The van der Waals surface area contributed by atoms with Gasteiger partial charge in [-0.15, -0.1) is 0 Å². The van der Waals surface area contributed by atoms with Crippen LogP contribution in [-0.4, -0.2) is 27.3 Å². The predicted molar refractivity (Wildman–Crippen MR) is 71.3 cm³/mol. The summed E-state index contributed by atoms with van der Waals surface area (Å²) in [6.07, 6.45) is 1.78. The Morgan fingerprint density at radius 3 is 2.53 bits per heavy atom. The summed E-state index contributed by atoms with van der Waals surface area (Å²) in [5.41, 5.74) is 0. The second-order valence-corrected chi connectivity index (χ2v) is 6.40. The summed E-state index contributed by atoms with van der Waals surface area (Å²) in [6, 6.07) is 6.54. The van der Waals surface area contributed by atoms with E-state index in [1.54, 1.807) is 31.3 Å². The highest BCUT2D eigenvalue weighted by Gasteiger charge is 2.21. The SMILES string of the molecule is CCCC(CS(=O)(=O)c1ccccc1Cl)NC. The van der Waals surface area contributed by atoms with E-state index in [4.69, 9.17) is 11.6 Å². The van der Waals surface area contributed by atoms with Gasteiger partial charge in [-0.05, 0) is 25.6 Å². The Bertz CT molecular complexity index is 459. The first-order valence-electron chi connectivity index (χ1n) is 5.65. The summed E-state index contributed by atoms with van der Waals surface area (Å²) in [7, 11) is -1.54. The van der Waals surface area contributed by atoms with Crippen LogP contribution in [0.15, 0.2) is 29.2 Å². The number of sulfone groups is 1. The molecule has 0 heterocycles. The van der Waals surface area contributed by atoms with Gasteiger partial charge in [-0.1, -0.05) is 37.1 Å². The Hall–Kier alpha value is -0.580. The maximum Gasteiger partial charge on any atom is 0.181 e. The molecule has 1 unspecified atom stereocenters. The molecule has 17 heavy (non-hydrogen) atoms. The van der Waals surface area contributed by atoms with E-state index in [-0.39, 0.29) is 16.7 Å².